The molecular weight excluding hydrogens is 460 g/mol. The largest absolute Gasteiger partial charge is 0.310 e. The van der Waals surface area contributed by atoms with Gasteiger partial charge in [0.05, 0.1) is 0 Å². The summed E-state index contributed by atoms with van der Waals surface area (Å²) in [5.74, 6) is -0.516. The Balaban J connectivity index is 1.58. The number of benzene rings is 5. The first-order valence-electron chi connectivity index (χ1n) is 11.3. The van der Waals surface area contributed by atoms with E-state index in [9.17, 15) is 8.78 Å². The second-order valence-corrected chi connectivity index (χ2v) is 8.81. The van der Waals surface area contributed by atoms with Crippen molar-refractivity contribution in [2.75, 3.05) is 4.90 Å². The van der Waals surface area contributed by atoms with Crippen molar-refractivity contribution in [2.45, 2.75) is 6.92 Å². The lowest BCUT2D eigenvalue weighted by molar-refractivity contribution is 0.631. The summed E-state index contributed by atoms with van der Waals surface area (Å²) in [6, 6.07) is 34.8. The summed E-state index contributed by atoms with van der Waals surface area (Å²) >= 11 is 6.40. The Morgan fingerprint density at radius 2 is 1.00 bits per heavy atom. The molecule has 0 saturated heterocycles. The molecule has 35 heavy (non-hydrogen) atoms. The van der Waals surface area contributed by atoms with Crippen molar-refractivity contribution < 1.29 is 8.78 Å². The lowest BCUT2D eigenvalue weighted by Gasteiger charge is -2.26. The molecule has 5 rings (SSSR count). The molecule has 0 aliphatic carbocycles. The minimum absolute atomic E-state index is 0.258. The minimum Gasteiger partial charge on any atom is -0.310 e. The fourth-order valence-electron chi connectivity index (χ4n) is 4.26. The van der Waals surface area contributed by atoms with Crippen LogP contribution in [0, 0.1) is 18.6 Å². The predicted molar refractivity (Wildman–Crippen MR) is 142 cm³/mol. The van der Waals surface area contributed by atoms with Crippen molar-refractivity contribution in [3.63, 3.8) is 0 Å². The predicted octanol–water partition coefficient (Wildman–Crippen LogP) is 9.73. The first-order valence-corrected chi connectivity index (χ1v) is 11.6. The quantitative estimate of drug-likeness (QED) is 0.241. The third-order valence-electron chi connectivity index (χ3n) is 5.91. The van der Waals surface area contributed by atoms with E-state index in [1.165, 1.54) is 12.1 Å². The maximum atomic E-state index is 14.3. The van der Waals surface area contributed by atoms with Crippen LogP contribution in [0.2, 0.25) is 5.02 Å². The fraction of sp³-hybridized carbons (Fsp3) is 0.0323. The fourth-order valence-corrected chi connectivity index (χ4v) is 4.55. The van der Waals surface area contributed by atoms with Gasteiger partial charge in [0.25, 0.3) is 0 Å². The Hall–Kier alpha value is -3.95. The van der Waals surface area contributed by atoms with Crippen LogP contribution in [0.4, 0.5) is 25.8 Å². The molecule has 0 fully saturated rings. The maximum Gasteiger partial charge on any atom is 0.131 e. The minimum atomic E-state index is -0.258. The number of nitrogens with zero attached hydrogens (tertiary/aromatic N) is 1. The summed E-state index contributed by atoms with van der Waals surface area (Å²) in [4.78, 5) is 2.08. The molecule has 0 bridgehead atoms. The lowest BCUT2D eigenvalue weighted by atomic mass is 10.0. The Bertz CT molecular complexity index is 1370. The number of hydrogen-bond acceptors (Lipinski definition) is 1. The second kappa shape index (κ2) is 9.73. The van der Waals surface area contributed by atoms with Crippen LogP contribution in [-0.2, 0) is 0 Å². The molecule has 0 saturated carbocycles. The van der Waals surface area contributed by atoms with E-state index in [4.69, 9.17) is 11.6 Å². The Kier molecular flexibility index (Phi) is 6.35. The zero-order valence-electron chi connectivity index (χ0n) is 19.1. The van der Waals surface area contributed by atoms with Crippen molar-refractivity contribution in [1.82, 2.24) is 0 Å². The molecule has 0 aliphatic rings. The maximum absolute atomic E-state index is 14.3. The van der Waals surface area contributed by atoms with E-state index < -0.39 is 0 Å². The summed E-state index contributed by atoms with van der Waals surface area (Å²) in [6.45, 7) is 2.00. The Labute approximate surface area is 208 Å². The zero-order valence-corrected chi connectivity index (χ0v) is 19.8. The molecular formula is C31H22ClF2N. The molecule has 0 unspecified atom stereocenters. The molecule has 1 nitrogen and oxygen atoms in total. The second-order valence-electron chi connectivity index (χ2n) is 8.38. The number of hydrogen-bond donors (Lipinski definition) is 0. The number of aryl methyl sites for hydroxylation is 1. The van der Waals surface area contributed by atoms with Gasteiger partial charge in [0.2, 0.25) is 0 Å². The molecule has 5 aromatic rings. The summed E-state index contributed by atoms with van der Waals surface area (Å²) in [5, 5.41) is 0.635. The standard InChI is InChI=1S/C31H22ClF2N/c1-21-18-24(32)20-27(19-21)35(25-14-10-22(11-15-25)28-6-2-4-8-30(28)33)26-16-12-23(13-17-26)29-7-3-5-9-31(29)34/h2-20H,1H3. The van der Waals surface area contributed by atoms with Crippen LogP contribution in [0.25, 0.3) is 22.3 Å². The van der Waals surface area contributed by atoms with Gasteiger partial charge in [0, 0.05) is 33.2 Å². The molecule has 0 N–H and O–H groups in total. The van der Waals surface area contributed by atoms with Crippen molar-refractivity contribution in [3.05, 3.63) is 137 Å². The van der Waals surface area contributed by atoms with Gasteiger partial charge in [-0.25, -0.2) is 8.78 Å². The molecule has 0 aromatic heterocycles. The highest BCUT2D eigenvalue weighted by molar-refractivity contribution is 6.31. The van der Waals surface area contributed by atoms with E-state index >= 15 is 0 Å². The van der Waals surface area contributed by atoms with Crippen molar-refractivity contribution in [1.29, 1.82) is 0 Å². The average Bonchev–Trinajstić information content (AvgIpc) is 2.85. The topological polar surface area (TPSA) is 3.24 Å². The van der Waals surface area contributed by atoms with Crippen LogP contribution in [-0.4, -0.2) is 0 Å². The van der Waals surface area contributed by atoms with Gasteiger partial charge in [0.1, 0.15) is 11.6 Å². The Morgan fingerprint density at radius 1 is 0.543 bits per heavy atom. The normalized spacial score (nSPS) is 10.9. The molecule has 172 valence electrons. The van der Waals surface area contributed by atoms with Gasteiger partial charge in [-0.1, -0.05) is 72.3 Å². The van der Waals surface area contributed by atoms with Crippen LogP contribution in [0.15, 0.2) is 115 Å². The molecule has 0 heterocycles. The molecule has 0 aliphatic heterocycles. The molecule has 0 amide bonds. The highest BCUT2D eigenvalue weighted by atomic mass is 35.5. The number of anilines is 3. The van der Waals surface area contributed by atoms with Gasteiger partial charge in [0.15, 0.2) is 0 Å². The summed E-state index contributed by atoms with van der Waals surface area (Å²) in [6.07, 6.45) is 0. The number of halogens is 3. The summed E-state index contributed by atoms with van der Waals surface area (Å²) < 4.78 is 28.6. The molecule has 0 spiro atoms. The highest BCUT2D eigenvalue weighted by Gasteiger charge is 2.15. The Morgan fingerprint density at radius 3 is 1.43 bits per heavy atom. The first kappa shape index (κ1) is 22.8. The highest BCUT2D eigenvalue weighted by Crippen LogP contribution is 2.38. The van der Waals surface area contributed by atoms with Crippen LogP contribution in [0.3, 0.4) is 0 Å². The number of rotatable bonds is 5. The van der Waals surface area contributed by atoms with Crippen LogP contribution < -0.4 is 4.90 Å². The molecule has 5 aromatic carbocycles. The van der Waals surface area contributed by atoms with Crippen LogP contribution in [0.5, 0.6) is 0 Å². The van der Waals surface area contributed by atoms with Crippen molar-refractivity contribution in [3.8, 4) is 22.3 Å². The van der Waals surface area contributed by atoms with Crippen molar-refractivity contribution >= 4 is 28.7 Å². The average molecular weight is 482 g/mol. The van der Waals surface area contributed by atoms with Crippen LogP contribution >= 0.6 is 11.6 Å². The first-order chi connectivity index (χ1) is 17.0. The lowest BCUT2D eigenvalue weighted by Crippen LogP contribution is -2.10. The van der Waals surface area contributed by atoms with E-state index in [0.717, 1.165) is 33.8 Å². The van der Waals surface area contributed by atoms with E-state index in [-0.39, 0.29) is 11.6 Å². The van der Waals surface area contributed by atoms with E-state index in [0.29, 0.717) is 16.1 Å². The van der Waals surface area contributed by atoms with Gasteiger partial charge >= 0.3 is 0 Å². The summed E-state index contributed by atoms with van der Waals surface area (Å²) in [5.41, 5.74) is 6.41. The molecule has 0 atom stereocenters. The van der Waals surface area contributed by atoms with Crippen molar-refractivity contribution in [2.24, 2.45) is 0 Å². The van der Waals surface area contributed by atoms with Gasteiger partial charge in [-0.05, 0) is 78.2 Å². The van der Waals surface area contributed by atoms with Gasteiger partial charge < -0.3 is 4.90 Å². The van der Waals surface area contributed by atoms with E-state index in [2.05, 4.69) is 11.0 Å². The molecule has 0 radical (unpaired) electrons. The molecule has 4 heteroatoms. The van der Waals surface area contributed by atoms with E-state index in [1.54, 1.807) is 24.3 Å². The van der Waals surface area contributed by atoms with Gasteiger partial charge in [-0.3, -0.25) is 0 Å². The van der Waals surface area contributed by atoms with Gasteiger partial charge in [-0.2, -0.15) is 0 Å². The third-order valence-corrected chi connectivity index (χ3v) is 6.12. The van der Waals surface area contributed by atoms with Crippen LogP contribution in [0.1, 0.15) is 5.56 Å². The monoisotopic (exact) mass is 481 g/mol. The van der Waals surface area contributed by atoms with E-state index in [1.807, 2.05) is 79.7 Å². The van der Waals surface area contributed by atoms with Gasteiger partial charge in [-0.15, -0.1) is 0 Å². The third kappa shape index (κ3) is 4.82. The smallest absolute Gasteiger partial charge is 0.131 e. The SMILES string of the molecule is Cc1cc(Cl)cc(N(c2ccc(-c3ccccc3F)cc2)c2ccc(-c3ccccc3F)cc2)c1. The summed E-state index contributed by atoms with van der Waals surface area (Å²) in [7, 11) is 0. The zero-order chi connectivity index (χ0) is 24.4.